The van der Waals surface area contributed by atoms with Crippen molar-refractivity contribution in [1.82, 2.24) is 15.3 Å². The van der Waals surface area contributed by atoms with Crippen molar-refractivity contribution < 1.29 is 14.3 Å². The lowest BCUT2D eigenvalue weighted by molar-refractivity contribution is -0.117. The third-order valence-electron chi connectivity index (χ3n) is 4.33. The van der Waals surface area contributed by atoms with E-state index in [-0.39, 0.29) is 18.1 Å². The monoisotopic (exact) mass is 353 g/mol. The van der Waals surface area contributed by atoms with Crippen molar-refractivity contribution in [3.63, 3.8) is 0 Å². The van der Waals surface area contributed by atoms with E-state index in [4.69, 9.17) is 9.47 Å². The van der Waals surface area contributed by atoms with E-state index >= 15 is 0 Å². The first-order valence-electron chi connectivity index (χ1n) is 8.79. The molecule has 1 saturated carbocycles. The minimum atomic E-state index is -0.0584. The van der Waals surface area contributed by atoms with Crippen molar-refractivity contribution >= 4 is 12.0 Å². The summed E-state index contributed by atoms with van der Waals surface area (Å²) in [5.74, 6) is 0.855. The van der Waals surface area contributed by atoms with E-state index in [0.717, 1.165) is 31.2 Å². The molecular weight excluding hydrogens is 330 g/mol. The van der Waals surface area contributed by atoms with E-state index in [1.54, 1.807) is 25.6 Å². The number of carbonyl (C=O) groups is 1. The van der Waals surface area contributed by atoms with Crippen molar-refractivity contribution in [3.05, 3.63) is 54.4 Å². The van der Waals surface area contributed by atoms with Crippen molar-refractivity contribution in [2.75, 3.05) is 7.11 Å². The van der Waals surface area contributed by atoms with Gasteiger partial charge in [-0.3, -0.25) is 9.78 Å². The van der Waals surface area contributed by atoms with E-state index in [1.165, 1.54) is 0 Å². The number of rotatable bonds is 6. The summed E-state index contributed by atoms with van der Waals surface area (Å²) >= 11 is 0. The molecule has 6 nitrogen and oxygen atoms in total. The van der Waals surface area contributed by atoms with Crippen molar-refractivity contribution in [3.8, 4) is 11.8 Å². The molecule has 0 spiro atoms. The highest BCUT2D eigenvalue weighted by molar-refractivity contribution is 5.91. The Kier molecular flexibility index (Phi) is 6.19. The standard InChI is InChI=1S/C20H23N3O3/c1-25-19-13-21-14-20(23-19)26-17-10-8-16(9-11-17)22-18(24)12-7-15-5-3-2-4-6-15/h2-7,12-14,16-17H,8-11H2,1H3,(H,22,24)/b12-7+. The van der Waals surface area contributed by atoms with Gasteiger partial charge < -0.3 is 14.8 Å². The van der Waals surface area contributed by atoms with Crippen LogP contribution >= 0.6 is 0 Å². The molecule has 1 aliphatic carbocycles. The Morgan fingerprint density at radius 2 is 1.85 bits per heavy atom. The van der Waals surface area contributed by atoms with Crippen LogP contribution in [-0.4, -0.2) is 35.1 Å². The molecule has 0 unspecified atom stereocenters. The van der Waals surface area contributed by atoms with Crippen LogP contribution in [0.1, 0.15) is 31.2 Å². The van der Waals surface area contributed by atoms with Gasteiger partial charge in [-0.15, -0.1) is 0 Å². The second-order valence-electron chi connectivity index (χ2n) is 6.24. The number of nitrogens with one attached hydrogen (secondary N) is 1. The number of ether oxygens (including phenoxy) is 2. The molecule has 1 aromatic carbocycles. The highest BCUT2D eigenvalue weighted by atomic mass is 16.5. The maximum atomic E-state index is 12.1. The van der Waals surface area contributed by atoms with Gasteiger partial charge in [-0.2, -0.15) is 4.98 Å². The largest absolute Gasteiger partial charge is 0.480 e. The number of hydrogen-bond donors (Lipinski definition) is 1. The summed E-state index contributed by atoms with van der Waals surface area (Å²) in [7, 11) is 1.55. The van der Waals surface area contributed by atoms with Gasteiger partial charge in [0.25, 0.3) is 0 Å². The second-order valence-corrected chi connectivity index (χ2v) is 6.24. The summed E-state index contributed by atoms with van der Waals surface area (Å²) < 4.78 is 10.9. The third-order valence-corrected chi connectivity index (χ3v) is 4.33. The van der Waals surface area contributed by atoms with Crippen LogP contribution in [0, 0.1) is 0 Å². The average molecular weight is 353 g/mol. The lowest BCUT2D eigenvalue weighted by Crippen LogP contribution is -2.39. The van der Waals surface area contributed by atoms with Gasteiger partial charge in [0.05, 0.1) is 19.5 Å². The van der Waals surface area contributed by atoms with Crippen LogP contribution in [0.15, 0.2) is 48.8 Å². The molecular formula is C20H23N3O3. The Morgan fingerprint density at radius 3 is 2.58 bits per heavy atom. The normalized spacial score (nSPS) is 19.9. The summed E-state index contributed by atoms with van der Waals surface area (Å²) in [5.41, 5.74) is 1.01. The van der Waals surface area contributed by atoms with E-state index in [0.29, 0.717) is 11.8 Å². The van der Waals surface area contributed by atoms with E-state index in [9.17, 15) is 4.79 Å². The first-order chi connectivity index (χ1) is 12.7. The Morgan fingerprint density at radius 1 is 1.12 bits per heavy atom. The molecule has 0 saturated heterocycles. The SMILES string of the molecule is COc1cncc(OC2CCC(NC(=O)/C=C/c3ccccc3)CC2)n1. The Bertz CT molecular complexity index is 741. The van der Waals surface area contributed by atoms with Gasteiger partial charge in [-0.25, -0.2) is 0 Å². The van der Waals surface area contributed by atoms with Crippen LogP contribution < -0.4 is 14.8 Å². The molecule has 1 N–H and O–H groups in total. The molecule has 6 heteroatoms. The molecule has 1 aromatic heterocycles. The van der Waals surface area contributed by atoms with Gasteiger partial charge in [0, 0.05) is 12.1 Å². The van der Waals surface area contributed by atoms with Crippen molar-refractivity contribution in [1.29, 1.82) is 0 Å². The Labute approximate surface area is 153 Å². The van der Waals surface area contributed by atoms with Crippen LogP contribution in [0.2, 0.25) is 0 Å². The number of amides is 1. The minimum Gasteiger partial charge on any atom is -0.480 e. The molecule has 26 heavy (non-hydrogen) atoms. The Hall–Kier alpha value is -2.89. The molecule has 0 atom stereocenters. The molecule has 1 heterocycles. The zero-order valence-corrected chi connectivity index (χ0v) is 14.8. The zero-order valence-electron chi connectivity index (χ0n) is 14.8. The molecule has 1 amide bonds. The van der Waals surface area contributed by atoms with Gasteiger partial charge in [0.1, 0.15) is 6.10 Å². The molecule has 1 aliphatic rings. The average Bonchev–Trinajstić information content (AvgIpc) is 2.69. The molecule has 136 valence electrons. The van der Waals surface area contributed by atoms with E-state index in [2.05, 4.69) is 15.3 Å². The first-order valence-corrected chi connectivity index (χ1v) is 8.79. The minimum absolute atomic E-state index is 0.0584. The van der Waals surface area contributed by atoms with Gasteiger partial charge >= 0.3 is 0 Å². The van der Waals surface area contributed by atoms with E-state index in [1.807, 2.05) is 36.4 Å². The molecule has 3 rings (SSSR count). The predicted octanol–water partition coefficient (Wildman–Crippen LogP) is 3.00. The summed E-state index contributed by atoms with van der Waals surface area (Å²) in [4.78, 5) is 20.3. The number of carbonyl (C=O) groups excluding carboxylic acids is 1. The lowest BCUT2D eigenvalue weighted by Gasteiger charge is -2.28. The summed E-state index contributed by atoms with van der Waals surface area (Å²) in [6.07, 6.45) is 10.1. The van der Waals surface area contributed by atoms with Gasteiger partial charge in [-0.1, -0.05) is 30.3 Å². The van der Waals surface area contributed by atoms with Crippen LogP contribution in [0.25, 0.3) is 6.08 Å². The van der Waals surface area contributed by atoms with Crippen LogP contribution in [0.3, 0.4) is 0 Å². The number of hydrogen-bond acceptors (Lipinski definition) is 5. The fourth-order valence-electron chi connectivity index (χ4n) is 2.97. The summed E-state index contributed by atoms with van der Waals surface area (Å²) in [5, 5.41) is 3.06. The number of aromatic nitrogens is 2. The fraction of sp³-hybridized carbons (Fsp3) is 0.350. The van der Waals surface area contributed by atoms with Crippen molar-refractivity contribution in [2.45, 2.75) is 37.8 Å². The van der Waals surface area contributed by atoms with Crippen LogP contribution in [0.4, 0.5) is 0 Å². The maximum absolute atomic E-state index is 12.1. The van der Waals surface area contributed by atoms with Crippen LogP contribution in [0.5, 0.6) is 11.8 Å². The maximum Gasteiger partial charge on any atom is 0.244 e. The first kappa shape index (κ1) is 17.9. The number of benzene rings is 1. The molecule has 0 radical (unpaired) electrons. The highest BCUT2D eigenvalue weighted by Crippen LogP contribution is 2.23. The predicted molar refractivity (Wildman–Crippen MR) is 98.9 cm³/mol. The van der Waals surface area contributed by atoms with Gasteiger partial charge in [-0.05, 0) is 37.3 Å². The lowest BCUT2D eigenvalue weighted by atomic mass is 9.93. The molecule has 0 bridgehead atoms. The zero-order chi connectivity index (χ0) is 18.2. The van der Waals surface area contributed by atoms with Gasteiger partial charge in [0.2, 0.25) is 17.7 Å². The number of nitrogens with zero attached hydrogens (tertiary/aromatic N) is 2. The molecule has 0 aliphatic heterocycles. The second kappa shape index (κ2) is 8.99. The summed E-state index contributed by atoms with van der Waals surface area (Å²) in [6, 6.07) is 9.97. The molecule has 2 aromatic rings. The van der Waals surface area contributed by atoms with Crippen LogP contribution in [-0.2, 0) is 4.79 Å². The summed E-state index contributed by atoms with van der Waals surface area (Å²) in [6.45, 7) is 0. The third kappa shape index (κ3) is 5.31. The van der Waals surface area contributed by atoms with Gasteiger partial charge in [0.15, 0.2) is 0 Å². The highest BCUT2D eigenvalue weighted by Gasteiger charge is 2.23. The van der Waals surface area contributed by atoms with E-state index < -0.39 is 0 Å². The Balaban J connectivity index is 1.43. The fourth-order valence-corrected chi connectivity index (χ4v) is 2.97. The topological polar surface area (TPSA) is 73.3 Å². The quantitative estimate of drug-likeness (QED) is 0.808. The smallest absolute Gasteiger partial charge is 0.244 e. The number of methoxy groups -OCH3 is 1. The molecule has 1 fully saturated rings. The van der Waals surface area contributed by atoms with Crippen molar-refractivity contribution in [2.24, 2.45) is 0 Å².